The van der Waals surface area contributed by atoms with Crippen LogP contribution in [0.5, 0.6) is 0 Å². The third-order valence-corrected chi connectivity index (χ3v) is 6.80. The van der Waals surface area contributed by atoms with Crippen LogP contribution in [-0.4, -0.2) is 39.3 Å². The number of carbonyl (C=O) groups excluding carboxylic acids is 1. The van der Waals surface area contributed by atoms with E-state index >= 15 is 0 Å². The molecule has 3 rings (SSSR count). The first-order valence-electron chi connectivity index (χ1n) is 7.52. The molecule has 1 atom stereocenters. The molecule has 132 valence electrons. The molecule has 25 heavy (non-hydrogen) atoms. The lowest BCUT2D eigenvalue weighted by Crippen LogP contribution is -2.36. The highest BCUT2D eigenvalue weighted by molar-refractivity contribution is 8.00. The van der Waals surface area contributed by atoms with Crippen molar-refractivity contribution >= 4 is 46.6 Å². The molecular weight excluding hydrogens is 382 g/mol. The molecule has 1 amide bonds. The number of aliphatic hydroxyl groups excluding tert-OH is 1. The number of halogens is 1. The number of amides is 1. The van der Waals surface area contributed by atoms with Crippen LogP contribution in [0.2, 0.25) is 0 Å². The van der Waals surface area contributed by atoms with Gasteiger partial charge in [0.05, 0.1) is 26.6 Å². The van der Waals surface area contributed by atoms with Crippen LogP contribution in [0.4, 0.5) is 0 Å². The first kappa shape index (κ1) is 18.1. The summed E-state index contributed by atoms with van der Waals surface area (Å²) in [6.07, 6.45) is 3.49. The van der Waals surface area contributed by atoms with Gasteiger partial charge in [0.2, 0.25) is 0 Å². The number of nitrogens with zero attached hydrogens (tertiary/aromatic N) is 1. The lowest BCUT2D eigenvalue weighted by molar-refractivity contribution is -0.136. The van der Waals surface area contributed by atoms with Crippen molar-refractivity contribution in [2.24, 2.45) is 0 Å². The van der Waals surface area contributed by atoms with E-state index in [2.05, 4.69) is 0 Å². The van der Waals surface area contributed by atoms with Crippen LogP contribution in [0.25, 0.3) is 0 Å². The average Bonchev–Trinajstić information content (AvgIpc) is 3.12. The number of allylic oxidation sites excluding steroid dienone is 2. The fraction of sp³-hybridized carbons (Fsp3) is 0.294. The summed E-state index contributed by atoms with van der Waals surface area (Å²) in [6.45, 7) is 1.74. The van der Waals surface area contributed by atoms with Crippen LogP contribution in [0.3, 0.4) is 0 Å². The highest BCUT2D eigenvalue weighted by Crippen LogP contribution is 2.43. The van der Waals surface area contributed by atoms with E-state index in [0.29, 0.717) is 21.7 Å². The molecule has 1 aromatic heterocycles. The third kappa shape index (κ3) is 3.23. The molecule has 2 N–H and O–H groups in total. The number of carboxylic acids is 1. The van der Waals surface area contributed by atoms with Gasteiger partial charge in [0.25, 0.3) is 5.91 Å². The van der Waals surface area contributed by atoms with Crippen molar-refractivity contribution in [2.75, 3.05) is 6.26 Å². The zero-order chi connectivity index (χ0) is 18.3. The summed E-state index contributed by atoms with van der Waals surface area (Å²) >= 11 is 9.06. The molecule has 0 saturated heterocycles. The molecular formula is C17H16ClNO4S2. The summed E-state index contributed by atoms with van der Waals surface area (Å²) in [5.41, 5.74) is 1.81. The van der Waals surface area contributed by atoms with Crippen LogP contribution in [0, 0.1) is 0 Å². The Balaban J connectivity index is 2.04. The molecule has 0 aromatic carbocycles. The molecule has 2 aliphatic rings. The van der Waals surface area contributed by atoms with E-state index in [-0.39, 0.29) is 35.6 Å². The number of rotatable bonds is 4. The van der Waals surface area contributed by atoms with Crippen molar-refractivity contribution < 1.29 is 19.8 Å². The fourth-order valence-corrected chi connectivity index (χ4v) is 4.83. The predicted molar refractivity (Wildman–Crippen MR) is 99.2 cm³/mol. The number of aliphatic hydroxyl groups is 1. The van der Waals surface area contributed by atoms with Gasteiger partial charge >= 0.3 is 5.97 Å². The molecule has 0 fully saturated rings. The van der Waals surface area contributed by atoms with Gasteiger partial charge in [0, 0.05) is 12.1 Å². The molecule has 0 saturated carbocycles. The maximum Gasteiger partial charge on any atom is 0.307 e. The topological polar surface area (TPSA) is 77.8 Å². The Bertz CT molecular complexity index is 853. The van der Waals surface area contributed by atoms with Crippen molar-refractivity contribution in [3.8, 4) is 0 Å². The second-order valence-electron chi connectivity index (χ2n) is 5.74. The number of aliphatic carboxylic acids is 1. The molecule has 0 radical (unpaired) electrons. The minimum absolute atomic E-state index is 0.0707. The minimum Gasteiger partial charge on any atom is -0.507 e. The number of carboxylic acid groups (broad SMARTS) is 1. The van der Waals surface area contributed by atoms with E-state index in [1.54, 1.807) is 29.7 Å². The Morgan fingerprint density at radius 3 is 2.76 bits per heavy atom. The van der Waals surface area contributed by atoms with Crippen molar-refractivity contribution in [2.45, 2.75) is 30.0 Å². The number of hydrogen-bond acceptors (Lipinski definition) is 5. The van der Waals surface area contributed by atoms with Crippen molar-refractivity contribution in [3.63, 3.8) is 0 Å². The van der Waals surface area contributed by atoms with Crippen molar-refractivity contribution in [1.82, 2.24) is 4.90 Å². The van der Waals surface area contributed by atoms with Crippen LogP contribution < -0.4 is 0 Å². The second-order valence-corrected chi connectivity index (χ2v) is 8.39. The Morgan fingerprint density at radius 1 is 1.44 bits per heavy atom. The van der Waals surface area contributed by atoms with Gasteiger partial charge in [-0.05, 0) is 42.5 Å². The number of carbonyl (C=O) groups is 2. The average molecular weight is 398 g/mol. The van der Waals surface area contributed by atoms with Gasteiger partial charge in [0.1, 0.15) is 5.76 Å². The van der Waals surface area contributed by atoms with E-state index in [9.17, 15) is 19.8 Å². The maximum atomic E-state index is 13.1. The van der Waals surface area contributed by atoms with Gasteiger partial charge < -0.3 is 15.1 Å². The summed E-state index contributed by atoms with van der Waals surface area (Å²) in [6, 6.07) is 3.29. The molecule has 8 heteroatoms. The molecule has 0 spiro atoms. The normalized spacial score (nSPS) is 20.0. The number of fused-ring (bicyclic) bond motifs is 1. The molecule has 5 nitrogen and oxygen atoms in total. The van der Waals surface area contributed by atoms with Gasteiger partial charge in [-0.15, -0.1) is 23.1 Å². The van der Waals surface area contributed by atoms with E-state index < -0.39 is 5.97 Å². The van der Waals surface area contributed by atoms with Gasteiger partial charge in [-0.3, -0.25) is 9.59 Å². The molecule has 1 aliphatic heterocycles. The Labute approximate surface area is 158 Å². The summed E-state index contributed by atoms with van der Waals surface area (Å²) in [7, 11) is 0. The summed E-state index contributed by atoms with van der Waals surface area (Å²) in [5.74, 6) is -1.23. The Hall–Kier alpha value is -1.70. The summed E-state index contributed by atoms with van der Waals surface area (Å²) in [5, 5.41) is 19.4. The zero-order valence-corrected chi connectivity index (χ0v) is 16.0. The molecule has 1 unspecified atom stereocenters. The van der Waals surface area contributed by atoms with Gasteiger partial charge in [-0.25, -0.2) is 0 Å². The van der Waals surface area contributed by atoms with Crippen LogP contribution in [0.15, 0.2) is 50.1 Å². The van der Waals surface area contributed by atoms with Crippen molar-refractivity contribution in [3.05, 3.63) is 50.7 Å². The quantitative estimate of drug-likeness (QED) is 0.737. The van der Waals surface area contributed by atoms with Crippen LogP contribution in [0.1, 0.15) is 29.4 Å². The smallest absolute Gasteiger partial charge is 0.307 e. The monoisotopic (exact) mass is 397 g/mol. The van der Waals surface area contributed by atoms with Crippen LogP contribution in [-0.2, 0) is 4.79 Å². The van der Waals surface area contributed by atoms with Gasteiger partial charge in [0.15, 0.2) is 0 Å². The standard InChI is InChI=1S/C17H16ClNO4S2/c1-8-9(6-15(21)22)10-5-13(20)11(18)7-12(10)19(8)17(23)14-3-4-16(24-2)25-14/h3-5,12,20H,6-7H2,1-2H3,(H,21,22). The SMILES string of the molecule is CSc1ccc(C(=O)N2C(C)=C(CC(=O)O)C3=CC(O)=C(Cl)CC32)s1. The second kappa shape index (κ2) is 6.90. The lowest BCUT2D eigenvalue weighted by atomic mass is 9.92. The molecule has 0 bridgehead atoms. The van der Waals surface area contributed by atoms with Gasteiger partial charge in [-0.1, -0.05) is 11.6 Å². The lowest BCUT2D eigenvalue weighted by Gasteiger charge is -2.28. The summed E-state index contributed by atoms with van der Waals surface area (Å²) in [4.78, 5) is 26.5. The van der Waals surface area contributed by atoms with E-state index in [4.69, 9.17) is 11.6 Å². The number of hydrogen-bond donors (Lipinski definition) is 2. The van der Waals surface area contributed by atoms with E-state index in [1.165, 1.54) is 17.4 Å². The molecule has 2 heterocycles. The third-order valence-electron chi connectivity index (χ3n) is 4.30. The predicted octanol–water partition coefficient (Wildman–Crippen LogP) is 4.38. The van der Waals surface area contributed by atoms with Crippen LogP contribution >= 0.6 is 34.7 Å². The van der Waals surface area contributed by atoms with E-state index in [0.717, 1.165) is 4.21 Å². The highest BCUT2D eigenvalue weighted by Gasteiger charge is 2.41. The maximum absolute atomic E-state index is 13.1. The largest absolute Gasteiger partial charge is 0.507 e. The number of thiophene rings is 1. The highest BCUT2D eigenvalue weighted by atomic mass is 35.5. The van der Waals surface area contributed by atoms with E-state index in [1.807, 2.05) is 12.3 Å². The fourth-order valence-electron chi connectivity index (χ4n) is 3.15. The number of thioether (sulfide) groups is 1. The first-order valence-corrected chi connectivity index (χ1v) is 9.94. The molecule has 1 aliphatic carbocycles. The van der Waals surface area contributed by atoms with Crippen molar-refractivity contribution in [1.29, 1.82) is 0 Å². The summed E-state index contributed by atoms with van der Waals surface area (Å²) < 4.78 is 1.03. The van der Waals surface area contributed by atoms with Gasteiger partial charge in [-0.2, -0.15) is 0 Å². The molecule has 1 aromatic rings. The Kier molecular flexibility index (Phi) is 4.99. The minimum atomic E-state index is -0.982. The Morgan fingerprint density at radius 2 is 2.16 bits per heavy atom. The zero-order valence-electron chi connectivity index (χ0n) is 13.6. The first-order chi connectivity index (χ1) is 11.8.